The third-order valence-corrected chi connectivity index (χ3v) is 5.62. The average molecular weight is 363 g/mol. The van der Waals surface area contributed by atoms with E-state index in [1.165, 1.54) is 0 Å². The Morgan fingerprint density at radius 2 is 2.36 bits per heavy atom. The maximum Gasteiger partial charge on any atom is 0.407 e. The number of urea groups is 1. The summed E-state index contributed by atoms with van der Waals surface area (Å²) in [5, 5.41) is 7.69. The summed E-state index contributed by atoms with van der Waals surface area (Å²) in [4.78, 5) is 31.0. The predicted octanol–water partition coefficient (Wildman–Crippen LogP) is 1.61. The Morgan fingerprint density at radius 3 is 3.16 bits per heavy atom. The van der Waals surface area contributed by atoms with Gasteiger partial charge in [-0.15, -0.1) is 11.3 Å². The molecule has 8 nitrogen and oxygen atoms in total. The Morgan fingerprint density at radius 1 is 1.44 bits per heavy atom. The lowest BCUT2D eigenvalue weighted by Gasteiger charge is -2.25. The van der Waals surface area contributed by atoms with Gasteiger partial charge in [0.2, 0.25) is 0 Å². The van der Waals surface area contributed by atoms with E-state index in [9.17, 15) is 9.59 Å². The molecular weight excluding hydrogens is 342 g/mol. The summed E-state index contributed by atoms with van der Waals surface area (Å²) >= 11 is 1.60. The van der Waals surface area contributed by atoms with E-state index >= 15 is 0 Å². The fraction of sp³-hybridized carbons (Fsp3) is 0.562. The smallest absolute Gasteiger partial charge is 0.407 e. The van der Waals surface area contributed by atoms with E-state index in [1.807, 2.05) is 27.1 Å². The highest BCUT2D eigenvalue weighted by Crippen LogP contribution is 2.29. The third kappa shape index (κ3) is 3.41. The van der Waals surface area contributed by atoms with Crippen molar-refractivity contribution in [2.45, 2.75) is 31.3 Å². The number of alkyl carbamates (subject to hydrolysis) is 1. The summed E-state index contributed by atoms with van der Waals surface area (Å²) in [6.07, 6.45) is 6.64. The normalized spacial score (nSPS) is 23.5. The van der Waals surface area contributed by atoms with Gasteiger partial charge in [0.05, 0.1) is 12.2 Å². The van der Waals surface area contributed by atoms with Crippen LogP contribution in [0.2, 0.25) is 0 Å². The summed E-state index contributed by atoms with van der Waals surface area (Å²) in [5.74, 6) is 0. The van der Waals surface area contributed by atoms with Gasteiger partial charge in [0, 0.05) is 50.2 Å². The zero-order valence-electron chi connectivity index (χ0n) is 13.9. The molecule has 2 saturated heterocycles. The number of aromatic nitrogens is 2. The summed E-state index contributed by atoms with van der Waals surface area (Å²) in [6.45, 7) is 2.38. The molecule has 1 spiro atoms. The minimum Gasteiger partial charge on any atom is -0.441 e. The molecule has 2 N–H and O–H groups in total. The SMILES string of the molecule is O=C1NCC2(CCCN(C(=O)NCCc3cn4ccsc4n3)CC2)O1. The van der Waals surface area contributed by atoms with Crippen molar-refractivity contribution in [3.05, 3.63) is 23.5 Å². The number of ether oxygens (including phenoxy) is 1. The van der Waals surface area contributed by atoms with Gasteiger partial charge in [0.25, 0.3) is 0 Å². The van der Waals surface area contributed by atoms with Crippen LogP contribution in [0.5, 0.6) is 0 Å². The Hall–Kier alpha value is -2.29. The van der Waals surface area contributed by atoms with Crippen LogP contribution in [0.25, 0.3) is 4.96 Å². The molecular formula is C16H21N5O3S. The number of rotatable bonds is 3. The Bertz CT molecular complexity index is 759. The standard InChI is InChI=1S/C16H21N5O3S/c22-13(17-5-2-12-10-21-8-9-25-14(21)19-12)20-6-1-3-16(4-7-20)11-18-15(23)24-16/h8-10H,1-7,11H2,(H,17,22)(H,18,23). The largest absolute Gasteiger partial charge is 0.441 e. The molecule has 134 valence electrons. The van der Waals surface area contributed by atoms with Crippen LogP contribution in [-0.4, -0.2) is 58.2 Å². The first-order valence-corrected chi connectivity index (χ1v) is 9.42. The van der Waals surface area contributed by atoms with Crippen molar-refractivity contribution < 1.29 is 14.3 Å². The molecule has 0 saturated carbocycles. The lowest BCUT2D eigenvalue weighted by Crippen LogP contribution is -2.42. The monoisotopic (exact) mass is 363 g/mol. The van der Waals surface area contributed by atoms with Crippen molar-refractivity contribution in [2.24, 2.45) is 0 Å². The maximum absolute atomic E-state index is 12.4. The van der Waals surface area contributed by atoms with Gasteiger partial charge in [-0.25, -0.2) is 14.6 Å². The van der Waals surface area contributed by atoms with Gasteiger partial charge in [-0.05, 0) is 12.8 Å². The Kier molecular flexibility index (Phi) is 4.24. The van der Waals surface area contributed by atoms with E-state index < -0.39 is 5.60 Å². The number of amides is 3. The molecule has 1 atom stereocenters. The van der Waals surface area contributed by atoms with Crippen LogP contribution in [-0.2, 0) is 11.2 Å². The topological polar surface area (TPSA) is 88.0 Å². The average Bonchev–Trinajstić information content (AvgIpc) is 3.21. The molecule has 2 aromatic rings. The molecule has 0 radical (unpaired) electrons. The van der Waals surface area contributed by atoms with Crippen molar-refractivity contribution in [2.75, 3.05) is 26.2 Å². The van der Waals surface area contributed by atoms with Gasteiger partial charge >= 0.3 is 12.1 Å². The molecule has 4 rings (SSSR count). The number of carbonyl (C=O) groups excluding carboxylic acids is 2. The summed E-state index contributed by atoms with van der Waals surface area (Å²) < 4.78 is 7.43. The van der Waals surface area contributed by atoms with Gasteiger partial charge in [-0.2, -0.15) is 0 Å². The molecule has 3 amide bonds. The lowest BCUT2D eigenvalue weighted by atomic mass is 9.95. The van der Waals surface area contributed by atoms with Crippen LogP contribution in [0.15, 0.2) is 17.8 Å². The lowest BCUT2D eigenvalue weighted by molar-refractivity contribution is 0.0453. The summed E-state index contributed by atoms with van der Waals surface area (Å²) in [5.41, 5.74) is 0.541. The van der Waals surface area contributed by atoms with Gasteiger partial charge in [0.15, 0.2) is 4.96 Å². The van der Waals surface area contributed by atoms with Gasteiger partial charge in [0.1, 0.15) is 5.60 Å². The molecule has 0 aliphatic carbocycles. The van der Waals surface area contributed by atoms with Crippen LogP contribution >= 0.6 is 11.3 Å². The number of hydrogen-bond donors (Lipinski definition) is 2. The van der Waals surface area contributed by atoms with E-state index in [1.54, 1.807) is 11.3 Å². The van der Waals surface area contributed by atoms with Crippen molar-refractivity contribution >= 4 is 28.4 Å². The molecule has 2 aromatic heterocycles. The Balaban J connectivity index is 1.26. The van der Waals surface area contributed by atoms with E-state index in [2.05, 4.69) is 15.6 Å². The highest BCUT2D eigenvalue weighted by molar-refractivity contribution is 7.15. The van der Waals surface area contributed by atoms with Crippen LogP contribution in [0.1, 0.15) is 25.0 Å². The number of nitrogens with zero attached hydrogens (tertiary/aromatic N) is 3. The first-order valence-electron chi connectivity index (χ1n) is 8.54. The van der Waals surface area contributed by atoms with E-state index in [4.69, 9.17) is 4.74 Å². The Labute approximate surface area is 149 Å². The number of fused-ring (bicyclic) bond motifs is 1. The molecule has 2 aliphatic heterocycles. The highest BCUT2D eigenvalue weighted by Gasteiger charge is 2.41. The van der Waals surface area contributed by atoms with Crippen LogP contribution in [0.4, 0.5) is 9.59 Å². The number of thiazole rings is 1. The van der Waals surface area contributed by atoms with Gasteiger partial charge in [-0.3, -0.25) is 4.40 Å². The molecule has 9 heteroatoms. The number of carbonyl (C=O) groups is 2. The summed E-state index contributed by atoms with van der Waals surface area (Å²) in [6, 6.07) is -0.0599. The minimum absolute atomic E-state index is 0.0599. The van der Waals surface area contributed by atoms with Crippen LogP contribution < -0.4 is 10.6 Å². The quantitative estimate of drug-likeness (QED) is 0.867. The first kappa shape index (κ1) is 16.2. The molecule has 2 aliphatic rings. The predicted molar refractivity (Wildman–Crippen MR) is 92.8 cm³/mol. The van der Waals surface area contributed by atoms with Crippen molar-refractivity contribution in [3.63, 3.8) is 0 Å². The minimum atomic E-state index is -0.436. The first-order chi connectivity index (χ1) is 12.1. The fourth-order valence-electron chi connectivity index (χ4n) is 3.46. The van der Waals surface area contributed by atoms with Crippen molar-refractivity contribution in [3.8, 4) is 0 Å². The second kappa shape index (κ2) is 6.55. The second-order valence-corrected chi connectivity index (χ2v) is 7.45. The van der Waals surface area contributed by atoms with Crippen LogP contribution in [0, 0.1) is 0 Å². The van der Waals surface area contributed by atoms with Crippen LogP contribution in [0.3, 0.4) is 0 Å². The molecule has 2 fully saturated rings. The third-order valence-electron chi connectivity index (χ3n) is 4.85. The van der Waals surface area contributed by atoms with E-state index in [0.717, 1.165) is 23.5 Å². The van der Waals surface area contributed by atoms with E-state index in [-0.39, 0.29) is 12.1 Å². The molecule has 25 heavy (non-hydrogen) atoms. The zero-order chi connectivity index (χ0) is 17.3. The molecule has 4 heterocycles. The van der Waals surface area contributed by atoms with E-state index in [0.29, 0.717) is 39.0 Å². The number of nitrogens with one attached hydrogen (secondary N) is 2. The highest BCUT2D eigenvalue weighted by atomic mass is 32.1. The van der Waals surface area contributed by atoms with Gasteiger partial charge in [-0.1, -0.05) is 0 Å². The van der Waals surface area contributed by atoms with Crippen molar-refractivity contribution in [1.82, 2.24) is 24.9 Å². The maximum atomic E-state index is 12.4. The number of hydrogen-bond acceptors (Lipinski definition) is 5. The fourth-order valence-corrected chi connectivity index (χ4v) is 4.18. The summed E-state index contributed by atoms with van der Waals surface area (Å²) in [7, 11) is 0. The molecule has 1 unspecified atom stereocenters. The second-order valence-electron chi connectivity index (χ2n) is 6.57. The van der Waals surface area contributed by atoms with Crippen molar-refractivity contribution in [1.29, 1.82) is 0 Å². The zero-order valence-corrected chi connectivity index (χ0v) is 14.7. The molecule has 0 bridgehead atoms. The number of likely N-dealkylation sites (tertiary alicyclic amines) is 1. The van der Waals surface area contributed by atoms with Gasteiger partial charge < -0.3 is 20.3 Å². The molecule has 0 aromatic carbocycles. The number of imidazole rings is 1.